The number of methoxy groups -OCH3 is 1. The fraction of sp³-hybridized carbons (Fsp3) is 0.321. The molecule has 2 fully saturated rings. The van der Waals surface area contributed by atoms with Gasteiger partial charge in [0.15, 0.2) is 23.2 Å². The second kappa shape index (κ2) is 9.93. The van der Waals surface area contributed by atoms with Crippen LogP contribution in [0.1, 0.15) is 48.8 Å². The SMILES string of the molecule is COc1ccc(-c2ccc(C3CCC(C(=O)Oc4ccc(C5CO5)c(F)c4F)CC3)c(F)c2F)cc1. The smallest absolute Gasteiger partial charge is 0.314 e. The van der Waals surface area contributed by atoms with Gasteiger partial charge in [0.25, 0.3) is 0 Å². The Morgan fingerprint density at radius 2 is 1.44 bits per heavy atom. The molecule has 188 valence electrons. The van der Waals surface area contributed by atoms with E-state index >= 15 is 4.39 Å². The molecule has 1 atom stereocenters. The Labute approximate surface area is 205 Å². The number of carbonyl (C=O) groups is 1. The second-order valence-corrected chi connectivity index (χ2v) is 9.13. The molecule has 36 heavy (non-hydrogen) atoms. The number of rotatable bonds is 6. The predicted molar refractivity (Wildman–Crippen MR) is 124 cm³/mol. The minimum atomic E-state index is -1.22. The summed E-state index contributed by atoms with van der Waals surface area (Å²) in [7, 11) is 1.53. The van der Waals surface area contributed by atoms with Crippen molar-refractivity contribution in [3.63, 3.8) is 0 Å². The molecular weight excluding hydrogens is 476 g/mol. The number of carbonyl (C=O) groups excluding carboxylic acids is 1. The summed E-state index contributed by atoms with van der Waals surface area (Å²) >= 11 is 0. The van der Waals surface area contributed by atoms with Crippen LogP contribution < -0.4 is 9.47 Å². The molecule has 2 aliphatic rings. The highest BCUT2D eigenvalue weighted by Crippen LogP contribution is 2.40. The minimum Gasteiger partial charge on any atom is -0.497 e. The Morgan fingerprint density at radius 1 is 0.806 bits per heavy atom. The van der Waals surface area contributed by atoms with Crippen molar-refractivity contribution in [1.29, 1.82) is 0 Å². The molecule has 4 nitrogen and oxygen atoms in total. The summed E-state index contributed by atoms with van der Waals surface area (Å²) in [5.74, 6) is -5.44. The van der Waals surface area contributed by atoms with E-state index < -0.39 is 47.0 Å². The molecule has 0 spiro atoms. The van der Waals surface area contributed by atoms with Gasteiger partial charge in [-0.3, -0.25) is 4.79 Å². The van der Waals surface area contributed by atoms with Crippen molar-refractivity contribution < 1.29 is 36.6 Å². The van der Waals surface area contributed by atoms with Crippen molar-refractivity contribution in [2.75, 3.05) is 13.7 Å². The summed E-state index contributed by atoms with van der Waals surface area (Å²) < 4.78 is 73.7. The number of epoxide rings is 1. The van der Waals surface area contributed by atoms with Gasteiger partial charge in [-0.05, 0) is 67.0 Å². The second-order valence-electron chi connectivity index (χ2n) is 9.13. The topological polar surface area (TPSA) is 48.1 Å². The van der Waals surface area contributed by atoms with Gasteiger partial charge in [0.1, 0.15) is 11.9 Å². The average molecular weight is 500 g/mol. The number of benzene rings is 3. The van der Waals surface area contributed by atoms with Gasteiger partial charge in [0, 0.05) is 11.1 Å². The number of ether oxygens (including phenoxy) is 3. The zero-order chi connectivity index (χ0) is 25.4. The lowest BCUT2D eigenvalue weighted by Gasteiger charge is -2.28. The predicted octanol–water partition coefficient (Wildman–Crippen LogP) is 6.87. The largest absolute Gasteiger partial charge is 0.497 e. The van der Waals surface area contributed by atoms with Crippen molar-refractivity contribution in [1.82, 2.24) is 0 Å². The lowest BCUT2D eigenvalue weighted by Crippen LogP contribution is -2.26. The Kier molecular flexibility index (Phi) is 6.71. The van der Waals surface area contributed by atoms with Crippen LogP contribution in [0.4, 0.5) is 17.6 Å². The van der Waals surface area contributed by atoms with Crippen LogP contribution in [0, 0.1) is 29.2 Å². The van der Waals surface area contributed by atoms with Gasteiger partial charge < -0.3 is 14.2 Å². The lowest BCUT2D eigenvalue weighted by molar-refractivity contribution is -0.140. The van der Waals surface area contributed by atoms with Crippen molar-refractivity contribution in [2.24, 2.45) is 5.92 Å². The molecule has 8 heteroatoms. The first-order valence-corrected chi connectivity index (χ1v) is 11.8. The van der Waals surface area contributed by atoms with Gasteiger partial charge in [0.2, 0.25) is 5.82 Å². The molecule has 1 unspecified atom stereocenters. The highest BCUT2D eigenvalue weighted by atomic mass is 19.2. The molecular formula is C28H24F4O4. The van der Waals surface area contributed by atoms with Gasteiger partial charge in [-0.1, -0.05) is 24.3 Å². The molecule has 5 rings (SSSR count). The Bertz CT molecular complexity index is 1280. The summed E-state index contributed by atoms with van der Waals surface area (Å²) in [6, 6.07) is 12.4. The van der Waals surface area contributed by atoms with Crippen LogP contribution in [-0.2, 0) is 9.53 Å². The van der Waals surface area contributed by atoms with Crippen molar-refractivity contribution in [3.8, 4) is 22.6 Å². The summed E-state index contributed by atoms with van der Waals surface area (Å²) in [6.07, 6.45) is 1.14. The number of esters is 1. The highest BCUT2D eigenvalue weighted by Gasteiger charge is 2.33. The van der Waals surface area contributed by atoms with Crippen LogP contribution in [-0.4, -0.2) is 19.7 Å². The van der Waals surface area contributed by atoms with Crippen LogP contribution in [0.2, 0.25) is 0 Å². The molecule has 1 saturated carbocycles. The first kappa shape index (κ1) is 24.3. The van der Waals surface area contributed by atoms with Crippen LogP contribution in [0.15, 0.2) is 48.5 Å². The fourth-order valence-electron chi connectivity index (χ4n) is 4.81. The van der Waals surface area contributed by atoms with E-state index in [1.807, 2.05) is 0 Å². The number of hydrogen-bond acceptors (Lipinski definition) is 4. The zero-order valence-corrected chi connectivity index (χ0v) is 19.5. The molecule has 1 heterocycles. The highest BCUT2D eigenvalue weighted by molar-refractivity contribution is 5.75. The van der Waals surface area contributed by atoms with Gasteiger partial charge in [-0.2, -0.15) is 4.39 Å². The Balaban J connectivity index is 1.23. The van der Waals surface area contributed by atoms with Gasteiger partial charge in [-0.15, -0.1) is 0 Å². The maximum atomic E-state index is 15.0. The van der Waals surface area contributed by atoms with E-state index in [9.17, 15) is 18.0 Å². The quantitative estimate of drug-likeness (QED) is 0.160. The van der Waals surface area contributed by atoms with E-state index in [2.05, 4.69) is 0 Å². The third-order valence-electron chi connectivity index (χ3n) is 6.98. The van der Waals surface area contributed by atoms with E-state index in [0.29, 0.717) is 43.6 Å². The number of halogens is 4. The molecule has 1 saturated heterocycles. The standard InChI is InChI=1S/C28H24F4O4/c1-34-18-8-6-16(7-9-18)20-11-10-19(24(29)25(20)30)15-2-4-17(5-3-15)28(33)36-22-13-12-21(23-14-35-23)26(31)27(22)32/h6-13,15,17,23H,2-5,14H2,1H3. The molecule has 0 amide bonds. The summed E-state index contributed by atoms with van der Waals surface area (Å²) in [4.78, 5) is 12.6. The van der Waals surface area contributed by atoms with E-state index in [-0.39, 0.29) is 22.6 Å². The molecule has 1 aliphatic heterocycles. The monoisotopic (exact) mass is 500 g/mol. The van der Waals surface area contributed by atoms with Crippen LogP contribution in [0.3, 0.4) is 0 Å². The van der Waals surface area contributed by atoms with Crippen molar-refractivity contribution in [3.05, 3.63) is 82.9 Å². The van der Waals surface area contributed by atoms with Crippen molar-refractivity contribution >= 4 is 5.97 Å². The van der Waals surface area contributed by atoms with Gasteiger partial charge >= 0.3 is 5.97 Å². The van der Waals surface area contributed by atoms with Crippen LogP contribution in [0.25, 0.3) is 11.1 Å². The van der Waals surface area contributed by atoms with Gasteiger partial charge in [0.05, 0.1) is 19.6 Å². The molecule has 1 aliphatic carbocycles. The molecule has 3 aromatic rings. The molecule has 3 aromatic carbocycles. The van der Waals surface area contributed by atoms with E-state index in [1.54, 1.807) is 36.4 Å². The Hall–Kier alpha value is -3.39. The summed E-state index contributed by atoms with van der Waals surface area (Å²) in [5, 5.41) is 0. The van der Waals surface area contributed by atoms with E-state index in [4.69, 9.17) is 14.2 Å². The van der Waals surface area contributed by atoms with Crippen LogP contribution in [0.5, 0.6) is 11.5 Å². The molecule has 0 N–H and O–H groups in total. The molecule has 0 bridgehead atoms. The van der Waals surface area contributed by atoms with Gasteiger partial charge in [-0.25, -0.2) is 13.2 Å². The van der Waals surface area contributed by atoms with E-state index in [1.165, 1.54) is 19.2 Å². The normalized spacial score (nSPS) is 21.2. The third kappa shape index (κ3) is 4.69. The zero-order valence-electron chi connectivity index (χ0n) is 19.5. The average Bonchev–Trinajstić information content (AvgIpc) is 3.74. The van der Waals surface area contributed by atoms with Crippen molar-refractivity contribution in [2.45, 2.75) is 37.7 Å². The van der Waals surface area contributed by atoms with E-state index in [0.717, 1.165) is 0 Å². The summed E-state index contributed by atoms with van der Waals surface area (Å²) in [5.41, 5.74) is 1.05. The summed E-state index contributed by atoms with van der Waals surface area (Å²) in [6.45, 7) is 0.327. The Morgan fingerprint density at radius 3 is 2.08 bits per heavy atom. The first-order chi connectivity index (χ1) is 17.4. The number of hydrogen-bond donors (Lipinski definition) is 0. The maximum Gasteiger partial charge on any atom is 0.314 e. The minimum absolute atomic E-state index is 0.0973. The molecule has 0 aromatic heterocycles. The fourth-order valence-corrected chi connectivity index (χ4v) is 4.81. The first-order valence-electron chi connectivity index (χ1n) is 11.8. The lowest BCUT2D eigenvalue weighted by atomic mass is 9.78. The third-order valence-corrected chi connectivity index (χ3v) is 6.98. The maximum absolute atomic E-state index is 15.0. The van der Waals surface area contributed by atoms with Crippen LogP contribution >= 0.6 is 0 Å². The molecule has 0 radical (unpaired) electrons.